The van der Waals surface area contributed by atoms with Crippen LogP contribution in [0.15, 0.2) is 84.9 Å². The molecule has 1 N–H and O–H groups in total. The molecule has 1 radical (unpaired) electrons. The Kier molecular flexibility index (Phi) is 8.28. The van der Waals surface area contributed by atoms with Gasteiger partial charge in [-0.15, -0.1) is 35.4 Å². The van der Waals surface area contributed by atoms with Crippen LogP contribution in [0.25, 0.3) is 27.8 Å². The normalized spacial score (nSPS) is 10.7. The molecule has 5 heteroatoms. The van der Waals surface area contributed by atoms with Gasteiger partial charge in [-0.25, -0.2) is 0 Å². The van der Waals surface area contributed by atoms with Crippen molar-refractivity contribution in [2.45, 2.75) is 20.8 Å². The molecular weight excluding hydrogens is 553 g/mol. The molecule has 2 aromatic heterocycles. The van der Waals surface area contributed by atoms with Gasteiger partial charge in [0.05, 0.1) is 11.3 Å². The van der Waals surface area contributed by atoms with Crippen LogP contribution in [0.5, 0.6) is 0 Å². The molecule has 0 aliphatic heterocycles. The standard InChI is InChI=1S/C20H15N2.C5H8O2.Ir/c1-15-5-4-6-16(13-15)19-9-7-17-14-18(8-10-20(17)21-19)22-11-2-3-12-22;1-4(6)3-5(2)7;/h2-5,7-14H,1H3;3,6H,1-2H3;/q-1;;/b;4-3-;. The SMILES string of the molecule is CC(=O)/C=C(/C)O.Cc1cc[c-]c(-c2ccc3cc(-n4cccc4)ccc3n2)c1.[Ir]. The number of aliphatic hydroxyl groups is 1. The van der Waals surface area contributed by atoms with Gasteiger partial charge < -0.3 is 9.67 Å². The van der Waals surface area contributed by atoms with Crippen molar-refractivity contribution in [3.63, 3.8) is 0 Å². The molecule has 0 aliphatic carbocycles. The van der Waals surface area contributed by atoms with Crippen molar-refractivity contribution in [3.8, 4) is 16.9 Å². The summed E-state index contributed by atoms with van der Waals surface area (Å²) >= 11 is 0. The van der Waals surface area contributed by atoms with Crippen LogP contribution < -0.4 is 0 Å². The first kappa shape index (κ1) is 23.3. The molecule has 2 aromatic carbocycles. The molecule has 0 saturated heterocycles. The van der Waals surface area contributed by atoms with Crippen LogP contribution in [0.2, 0.25) is 0 Å². The summed E-state index contributed by atoms with van der Waals surface area (Å²) in [5, 5.41) is 9.50. The number of pyridine rings is 1. The van der Waals surface area contributed by atoms with Gasteiger partial charge in [-0.3, -0.25) is 9.78 Å². The third-order valence-electron chi connectivity index (χ3n) is 4.22. The van der Waals surface area contributed by atoms with Gasteiger partial charge in [0.25, 0.3) is 0 Å². The number of nitrogens with zero attached hydrogens (tertiary/aromatic N) is 2. The third kappa shape index (κ3) is 6.24. The number of hydrogen-bond donors (Lipinski definition) is 1. The average molecular weight is 576 g/mol. The van der Waals surface area contributed by atoms with E-state index in [1.807, 2.05) is 36.7 Å². The van der Waals surface area contributed by atoms with E-state index in [1.165, 1.54) is 25.5 Å². The Labute approximate surface area is 190 Å². The van der Waals surface area contributed by atoms with Gasteiger partial charge in [0, 0.05) is 49.6 Å². The molecule has 0 atom stereocenters. The Morgan fingerprint density at radius 2 is 1.80 bits per heavy atom. The second-order valence-electron chi connectivity index (χ2n) is 6.84. The molecule has 0 bridgehead atoms. The number of aryl methyl sites for hydroxylation is 1. The van der Waals surface area contributed by atoms with Gasteiger partial charge in [0.15, 0.2) is 5.78 Å². The maximum Gasteiger partial charge on any atom is 0.155 e. The van der Waals surface area contributed by atoms with E-state index >= 15 is 0 Å². The monoisotopic (exact) mass is 576 g/mol. The van der Waals surface area contributed by atoms with Crippen LogP contribution in [0.3, 0.4) is 0 Å². The molecule has 0 unspecified atom stereocenters. The topological polar surface area (TPSA) is 55.1 Å². The Morgan fingerprint density at radius 3 is 2.40 bits per heavy atom. The summed E-state index contributed by atoms with van der Waals surface area (Å²) < 4.78 is 2.10. The zero-order chi connectivity index (χ0) is 20.8. The van der Waals surface area contributed by atoms with Gasteiger partial charge in [-0.05, 0) is 49.9 Å². The summed E-state index contributed by atoms with van der Waals surface area (Å²) in [6.07, 6.45) is 5.26. The fourth-order valence-corrected chi connectivity index (χ4v) is 2.95. The number of aliphatic hydroxyl groups excluding tert-OH is 1. The molecule has 0 saturated carbocycles. The number of ketones is 1. The zero-order valence-electron chi connectivity index (χ0n) is 17.1. The number of hydrogen-bond acceptors (Lipinski definition) is 3. The first-order valence-corrected chi connectivity index (χ1v) is 9.33. The number of carbonyl (C=O) groups excluding carboxylic acids is 1. The van der Waals surface area contributed by atoms with Gasteiger partial charge in [0.2, 0.25) is 0 Å². The Morgan fingerprint density at radius 1 is 1.07 bits per heavy atom. The smallest absolute Gasteiger partial charge is 0.155 e. The molecule has 0 fully saturated rings. The molecule has 0 aliphatic rings. The molecule has 4 rings (SSSR count). The number of rotatable bonds is 3. The van der Waals surface area contributed by atoms with Crippen LogP contribution in [0.1, 0.15) is 19.4 Å². The Balaban J connectivity index is 0.000000350. The molecule has 4 nitrogen and oxygen atoms in total. The van der Waals surface area contributed by atoms with Crippen molar-refractivity contribution in [2.24, 2.45) is 0 Å². The largest absolute Gasteiger partial charge is 0.512 e. The van der Waals surface area contributed by atoms with Crippen LogP contribution >= 0.6 is 0 Å². The van der Waals surface area contributed by atoms with Crippen LogP contribution in [-0.2, 0) is 24.9 Å². The number of aromatic nitrogens is 2. The predicted octanol–water partition coefficient (Wildman–Crippen LogP) is 5.84. The van der Waals surface area contributed by atoms with Crippen LogP contribution in [-0.4, -0.2) is 20.4 Å². The van der Waals surface area contributed by atoms with E-state index in [4.69, 9.17) is 10.1 Å². The number of allylic oxidation sites excluding steroid dienone is 2. The summed E-state index contributed by atoms with van der Waals surface area (Å²) in [4.78, 5) is 14.8. The summed E-state index contributed by atoms with van der Waals surface area (Å²) in [5.41, 5.74) is 5.37. The van der Waals surface area contributed by atoms with Crippen molar-refractivity contribution in [1.82, 2.24) is 9.55 Å². The molecule has 155 valence electrons. The molecule has 0 spiro atoms. The van der Waals surface area contributed by atoms with E-state index in [9.17, 15) is 4.79 Å². The van der Waals surface area contributed by atoms with Gasteiger partial charge in [-0.1, -0.05) is 19.1 Å². The predicted molar refractivity (Wildman–Crippen MR) is 117 cm³/mol. The number of fused-ring (bicyclic) bond motifs is 1. The third-order valence-corrected chi connectivity index (χ3v) is 4.22. The van der Waals surface area contributed by atoms with E-state index in [0.717, 1.165) is 27.8 Å². The van der Waals surface area contributed by atoms with E-state index < -0.39 is 0 Å². The molecule has 4 aromatic rings. The fraction of sp³-hybridized carbons (Fsp3) is 0.120. The van der Waals surface area contributed by atoms with Gasteiger partial charge in [0.1, 0.15) is 0 Å². The first-order valence-electron chi connectivity index (χ1n) is 9.33. The minimum atomic E-state index is -0.125. The Bertz CT molecular complexity index is 1160. The summed E-state index contributed by atoms with van der Waals surface area (Å²) in [7, 11) is 0. The van der Waals surface area contributed by atoms with Crippen LogP contribution in [0, 0.1) is 13.0 Å². The minimum absolute atomic E-state index is 0. The van der Waals surface area contributed by atoms with Gasteiger partial charge in [-0.2, -0.15) is 0 Å². The van der Waals surface area contributed by atoms with Crippen molar-refractivity contribution in [3.05, 3.63) is 96.5 Å². The quantitative estimate of drug-likeness (QED) is 0.190. The summed E-state index contributed by atoms with van der Waals surface area (Å²) in [5.74, 6) is -0.0625. The molecule has 0 amide bonds. The Hall–Kier alpha value is -3.01. The van der Waals surface area contributed by atoms with Crippen LogP contribution in [0.4, 0.5) is 0 Å². The van der Waals surface area contributed by atoms with E-state index in [0.29, 0.717) is 0 Å². The second kappa shape index (κ2) is 10.7. The average Bonchev–Trinajstić information content (AvgIpc) is 3.21. The minimum Gasteiger partial charge on any atom is -0.512 e. The maximum absolute atomic E-state index is 10.0. The van der Waals surface area contributed by atoms with Crippen molar-refractivity contribution in [2.75, 3.05) is 0 Å². The number of benzene rings is 2. The maximum atomic E-state index is 10.0. The van der Waals surface area contributed by atoms with E-state index in [2.05, 4.69) is 54.0 Å². The first-order chi connectivity index (χ1) is 13.9. The van der Waals surface area contributed by atoms with Crippen molar-refractivity contribution >= 4 is 16.7 Å². The second-order valence-corrected chi connectivity index (χ2v) is 6.84. The summed E-state index contributed by atoms with van der Waals surface area (Å²) in [6, 6.07) is 23.9. The number of carbonyl (C=O) groups is 1. The molecule has 2 heterocycles. The van der Waals surface area contributed by atoms with Crippen molar-refractivity contribution in [1.29, 1.82) is 0 Å². The van der Waals surface area contributed by atoms with E-state index in [-0.39, 0.29) is 31.6 Å². The molecular formula is C25H23IrN2O2-. The summed E-state index contributed by atoms with van der Waals surface area (Å²) in [6.45, 7) is 4.93. The van der Waals surface area contributed by atoms with Gasteiger partial charge >= 0.3 is 0 Å². The zero-order valence-corrected chi connectivity index (χ0v) is 19.5. The van der Waals surface area contributed by atoms with E-state index in [1.54, 1.807) is 0 Å². The molecule has 30 heavy (non-hydrogen) atoms. The van der Waals surface area contributed by atoms with Crippen molar-refractivity contribution < 1.29 is 30.0 Å². The fourth-order valence-electron chi connectivity index (χ4n) is 2.95.